The summed E-state index contributed by atoms with van der Waals surface area (Å²) in [7, 11) is -2.39. The topological polar surface area (TPSA) is 96.0 Å². The summed E-state index contributed by atoms with van der Waals surface area (Å²) in [5, 5.41) is 0.171. The summed E-state index contributed by atoms with van der Waals surface area (Å²) in [4.78, 5) is 27.9. The number of rotatable bonds is 3. The van der Waals surface area contributed by atoms with Crippen molar-refractivity contribution in [1.82, 2.24) is 14.5 Å². The van der Waals surface area contributed by atoms with E-state index in [0.717, 1.165) is 0 Å². The molecule has 0 radical (unpaired) electrons. The lowest BCUT2D eigenvalue weighted by molar-refractivity contribution is 0.0141. The van der Waals surface area contributed by atoms with Crippen molar-refractivity contribution in [2.24, 2.45) is 0 Å². The first-order chi connectivity index (χ1) is 12.4. The third-order valence-electron chi connectivity index (χ3n) is 3.97. The van der Waals surface area contributed by atoms with Gasteiger partial charge in [-0.15, -0.1) is 0 Å². The first-order valence-corrected chi connectivity index (χ1v) is 10.3. The Morgan fingerprint density at radius 3 is 2.19 bits per heavy atom. The monoisotopic (exact) mass is 417 g/mol. The number of sulfonamides is 1. The lowest BCUT2D eigenvalue weighted by Crippen LogP contribution is -2.51. The van der Waals surface area contributed by atoms with Crippen molar-refractivity contribution in [2.45, 2.75) is 31.3 Å². The first kappa shape index (κ1) is 21.5. The molecule has 1 N–H and O–H groups in total. The molecule has 10 heteroatoms. The second kappa shape index (κ2) is 8.04. The van der Waals surface area contributed by atoms with Crippen LogP contribution < -0.4 is 4.72 Å². The van der Waals surface area contributed by atoms with Crippen LogP contribution in [0.25, 0.3) is 0 Å². The van der Waals surface area contributed by atoms with Crippen LogP contribution >= 0.6 is 11.6 Å². The van der Waals surface area contributed by atoms with Gasteiger partial charge in [-0.1, -0.05) is 11.6 Å². The van der Waals surface area contributed by atoms with E-state index in [1.165, 1.54) is 30.1 Å². The summed E-state index contributed by atoms with van der Waals surface area (Å²) in [5.74, 6) is -0.378. The highest BCUT2D eigenvalue weighted by molar-refractivity contribution is 7.89. The number of nitrogens with zero attached hydrogens (tertiary/aromatic N) is 2. The number of benzene rings is 1. The molecule has 0 aromatic heterocycles. The second-order valence-electron chi connectivity index (χ2n) is 7.11. The highest BCUT2D eigenvalue weighted by atomic mass is 35.5. The molecular formula is C17H24ClN3O5S. The molecular weight excluding hydrogens is 394 g/mol. The quantitative estimate of drug-likeness (QED) is 0.810. The third-order valence-corrected chi connectivity index (χ3v) is 5.71. The SMILES string of the molecule is CNS(=O)(=O)c1ccc(Cl)c(C(=O)N2CCN(C(=O)OC(C)(C)C)CC2)c1. The van der Waals surface area contributed by atoms with Gasteiger partial charge in [0.2, 0.25) is 10.0 Å². The van der Waals surface area contributed by atoms with Gasteiger partial charge in [-0.3, -0.25) is 4.79 Å². The van der Waals surface area contributed by atoms with Gasteiger partial charge in [-0.2, -0.15) is 0 Å². The van der Waals surface area contributed by atoms with Gasteiger partial charge >= 0.3 is 6.09 Å². The van der Waals surface area contributed by atoms with Gasteiger partial charge in [0.05, 0.1) is 15.5 Å². The molecule has 0 atom stereocenters. The smallest absolute Gasteiger partial charge is 0.410 e. The zero-order valence-electron chi connectivity index (χ0n) is 15.8. The molecule has 1 saturated heterocycles. The maximum Gasteiger partial charge on any atom is 0.410 e. The molecule has 8 nitrogen and oxygen atoms in total. The summed E-state index contributed by atoms with van der Waals surface area (Å²) in [6, 6.07) is 3.98. The Morgan fingerprint density at radius 1 is 1.11 bits per heavy atom. The molecule has 0 saturated carbocycles. The van der Waals surface area contributed by atoms with Gasteiger partial charge in [-0.25, -0.2) is 17.9 Å². The molecule has 0 unspecified atom stereocenters. The third kappa shape index (κ3) is 5.33. The fourth-order valence-corrected chi connectivity index (χ4v) is 3.50. The van der Waals surface area contributed by atoms with E-state index in [1.807, 2.05) is 0 Å². The van der Waals surface area contributed by atoms with Gasteiger partial charge in [0, 0.05) is 26.2 Å². The Hall–Kier alpha value is -1.84. The summed E-state index contributed by atoms with van der Waals surface area (Å²) in [6.07, 6.45) is -0.422. The Kier molecular flexibility index (Phi) is 6.39. The minimum atomic E-state index is -3.69. The second-order valence-corrected chi connectivity index (χ2v) is 9.40. The van der Waals surface area contributed by atoms with E-state index in [1.54, 1.807) is 25.7 Å². The zero-order valence-corrected chi connectivity index (χ0v) is 17.4. The minimum Gasteiger partial charge on any atom is -0.444 e. The highest BCUT2D eigenvalue weighted by Crippen LogP contribution is 2.23. The Labute approximate surface area is 164 Å². The Balaban J connectivity index is 2.10. The van der Waals surface area contributed by atoms with Gasteiger partial charge in [0.15, 0.2) is 0 Å². The van der Waals surface area contributed by atoms with Crippen LogP contribution in [0, 0.1) is 0 Å². The van der Waals surface area contributed by atoms with E-state index in [0.29, 0.717) is 26.2 Å². The first-order valence-electron chi connectivity index (χ1n) is 8.45. The molecule has 1 aliphatic rings. The molecule has 0 bridgehead atoms. The fourth-order valence-electron chi connectivity index (χ4n) is 2.54. The molecule has 2 rings (SSSR count). The minimum absolute atomic E-state index is 0.0369. The van der Waals surface area contributed by atoms with E-state index in [4.69, 9.17) is 16.3 Å². The number of carbonyl (C=O) groups excluding carboxylic acids is 2. The Morgan fingerprint density at radius 2 is 1.67 bits per heavy atom. The number of nitrogens with one attached hydrogen (secondary N) is 1. The summed E-state index contributed by atoms with van der Waals surface area (Å²) < 4.78 is 31.5. The number of ether oxygens (including phenoxy) is 1. The Bertz CT molecular complexity index is 827. The standard InChI is InChI=1S/C17H24ClN3O5S/c1-17(2,3)26-16(23)21-9-7-20(8-10-21)15(22)13-11-12(5-6-14(13)18)27(24,25)19-4/h5-6,11,19H,7-10H2,1-4H3. The number of halogens is 1. The number of hydrogen-bond donors (Lipinski definition) is 1. The predicted octanol–water partition coefficient (Wildman–Crippen LogP) is 1.94. The van der Waals surface area contributed by atoms with Gasteiger partial charge in [0.1, 0.15) is 5.60 Å². The molecule has 1 aromatic carbocycles. The molecule has 27 heavy (non-hydrogen) atoms. The van der Waals surface area contributed by atoms with E-state index in [9.17, 15) is 18.0 Å². The zero-order chi connectivity index (χ0) is 20.4. The summed E-state index contributed by atoms with van der Waals surface area (Å²) >= 11 is 6.11. The van der Waals surface area contributed by atoms with Crippen molar-refractivity contribution < 1.29 is 22.7 Å². The lowest BCUT2D eigenvalue weighted by atomic mass is 10.1. The van der Waals surface area contributed by atoms with E-state index >= 15 is 0 Å². The molecule has 1 heterocycles. The molecule has 1 aliphatic heterocycles. The van der Waals surface area contributed by atoms with E-state index in [-0.39, 0.29) is 21.4 Å². The predicted molar refractivity (Wildman–Crippen MR) is 101 cm³/mol. The maximum absolute atomic E-state index is 12.8. The summed E-state index contributed by atoms with van der Waals surface area (Å²) in [6.45, 7) is 6.63. The van der Waals surface area contributed by atoms with Crippen LogP contribution in [0.3, 0.4) is 0 Å². The van der Waals surface area contributed by atoms with E-state index < -0.39 is 21.7 Å². The van der Waals surface area contributed by atoms with Crippen LogP contribution in [-0.4, -0.2) is 69.0 Å². The number of carbonyl (C=O) groups is 2. The van der Waals surface area contributed by atoms with Crippen LogP contribution in [0.1, 0.15) is 31.1 Å². The van der Waals surface area contributed by atoms with Gasteiger partial charge in [-0.05, 0) is 46.0 Å². The number of hydrogen-bond acceptors (Lipinski definition) is 5. The summed E-state index contributed by atoms with van der Waals surface area (Å²) in [5.41, 5.74) is -0.477. The molecule has 2 amide bonds. The van der Waals surface area contributed by atoms with Crippen LogP contribution in [0.5, 0.6) is 0 Å². The van der Waals surface area contributed by atoms with Crippen LogP contribution in [0.15, 0.2) is 23.1 Å². The van der Waals surface area contributed by atoms with Crippen LogP contribution in [0.4, 0.5) is 4.79 Å². The van der Waals surface area contributed by atoms with Crippen molar-refractivity contribution >= 4 is 33.6 Å². The molecule has 150 valence electrons. The largest absolute Gasteiger partial charge is 0.444 e. The normalized spacial score (nSPS) is 15.6. The molecule has 0 spiro atoms. The molecule has 1 aromatic rings. The van der Waals surface area contributed by atoms with Crippen molar-refractivity contribution in [3.63, 3.8) is 0 Å². The van der Waals surface area contributed by atoms with Crippen molar-refractivity contribution in [1.29, 1.82) is 0 Å². The average molecular weight is 418 g/mol. The molecule has 1 fully saturated rings. The van der Waals surface area contributed by atoms with Crippen molar-refractivity contribution in [3.05, 3.63) is 28.8 Å². The fraction of sp³-hybridized carbons (Fsp3) is 0.529. The number of piperazine rings is 1. The van der Waals surface area contributed by atoms with E-state index in [2.05, 4.69) is 4.72 Å². The van der Waals surface area contributed by atoms with Crippen LogP contribution in [-0.2, 0) is 14.8 Å². The van der Waals surface area contributed by atoms with Crippen molar-refractivity contribution in [3.8, 4) is 0 Å². The van der Waals surface area contributed by atoms with Crippen molar-refractivity contribution in [2.75, 3.05) is 33.2 Å². The molecule has 0 aliphatic carbocycles. The van der Waals surface area contributed by atoms with Gasteiger partial charge < -0.3 is 14.5 Å². The maximum atomic E-state index is 12.8. The number of amides is 2. The lowest BCUT2D eigenvalue weighted by Gasteiger charge is -2.35. The van der Waals surface area contributed by atoms with Crippen LogP contribution in [0.2, 0.25) is 5.02 Å². The average Bonchev–Trinajstić information content (AvgIpc) is 2.60. The van der Waals surface area contributed by atoms with Gasteiger partial charge in [0.25, 0.3) is 5.91 Å². The highest BCUT2D eigenvalue weighted by Gasteiger charge is 2.29.